The smallest absolute Gasteiger partial charge is 0.264 e. The van der Waals surface area contributed by atoms with Gasteiger partial charge in [-0.05, 0) is 54.1 Å². The molecule has 0 aliphatic carbocycles. The van der Waals surface area contributed by atoms with E-state index in [1.807, 2.05) is 29.2 Å². The van der Waals surface area contributed by atoms with Gasteiger partial charge in [-0.1, -0.05) is 30.3 Å². The number of nitrogens with zero attached hydrogens (tertiary/aromatic N) is 3. The van der Waals surface area contributed by atoms with Gasteiger partial charge in [0, 0.05) is 55.6 Å². The SMILES string of the molecule is COc1ccc(CN2CCN(C(=O)c3ccc(NS(=O)(=O)c4cccc5cccnc45)cc3)CC2)cc1. The molecule has 0 saturated carbocycles. The lowest BCUT2D eigenvalue weighted by Gasteiger charge is -2.34. The number of anilines is 1. The van der Waals surface area contributed by atoms with Crippen molar-refractivity contribution in [1.82, 2.24) is 14.8 Å². The zero-order valence-corrected chi connectivity index (χ0v) is 21.3. The average Bonchev–Trinajstić information content (AvgIpc) is 2.93. The number of hydrogen-bond donors (Lipinski definition) is 1. The van der Waals surface area contributed by atoms with Gasteiger partial charge in [0.1, 0.15) is 10.6 Å². The van der Waals surface area contributed by atoms with E-state index in [-0.39, 0.29) is 10.8 Å². The maximum Gasteiger partial charge on any atom is 0.264 e. The molecule has 1 aromatic heterocycles. The lowest BCUT2D eigenvalue weighted by Crippen LogP contribution is -2.48. The van der Waals surface area contributed by atoms with Crippen molar-refractivity contribution >= 4 is 32.5 Å². The molecular weight excluding hydrogens is 488 g/mol. The monoisotopic (exact) mass is 516 g/mol. The first-order valence-corrected chi connectivity index (χ1v) is 13.5. The Balaban J connectivity index is 1.19. The number of ether oxygens (including phenoxy) is 1. The molecule has 4 aromatic rings. The molecule has 1 N–H and O–H groups in total. The van der Waals surface area contributed by atoms with Crippen LogP contribution in [0, 0.1) is 0 Å². The summed E-state index contributed by atoms with van der Waals surface area (Å²) in [5.74, 6) is 0.778. The second-order valence-electron chi connectivity index (χ2n) is 8.93. The first-order chi connectivity index (χ1) is 17.9. The van der Waals surface area contributed by atoms with Gasteiger partial charge in [-0.25, -0.2) is 8.42 Å². The molecule has 8 nitrogen and oxygen atoms in total. The molecule has 0 atom stereocenters. The number of rotatable bonds is 7. The highest BCUT2D eigenvalue weighted by atomic mass is 32.2. The van der Waals surface area contributed by atoms with Crippen molar-refractivity contribution in [3.63, 3.8) is 0 Å². The quantitative estimate of drug-likeness (QED) is 0.399. The summed E-state index contributed by atoms with van der Waals surface area (Å²) in [4.78, 5) is 21.6. The van der Waals surface area contributed by atoms with Crippen molar-refractivity contribution < 1.29 is 17.9 Å². The van der Waals surface area contributed by atoms with Crippen molar-refractivity contribution in [2.24, 2.45) is 0 Å². The summed E-state index contributed by atoms with van der Waals surface area (Å²) in [6.45, 7) is 3.67. The molecule has 1 aliphatic rings. The van der Waals surface area contributed by atoms with Crippen LogP contribution in [0.15, 0.2) is 90.0 Å². The number of pyridine rings is 1. The zero-order chi connectivity index (χ0) is 25.8. The van der Waals surface area contributed by atoms with Gasteiger partial charge in [0.2, 0.25) is 0 Å². The van der Waals surface area contributed by atoms with Crippen LogP contribution in [-0.2, 0) is 16.6 Å². The number of methoxy groups -OCH3 is 1. The van der Waals surface area contributed by atoms with Gasteiger partial charge >= 0.3 is 0 Å². The third kappa shape index (κ3) is 5.58. The van der Waals surface area contributed by atoms with E-state index in [0.29, 0.717) is 29.9 Å². The summed E-state index contributed by atoms with van der Waals surface area (Å²) in [5.41, 5.74) is 2.53. The maximum atomic E-state index is 13.0. The van der Waals surface area contributed by atoms with E-state index in [0.717, 1.165) is 30.8 Å². The fourth-order valence-electron chi connectivity index (χ4n) is 4.46. The second kappa shape index (κ2) is 10.6. The molecule has 2 heterocycles. The molecule has 1 fully saturated rings. The van der Waals surface area contributed by atoms with Crippen LogP contribution in [-0.4, -0.2) is 62.4 Å². The van der Waals surface area contributed by atoms with E-state index >= 15 is 0 Å². The van der Waals surface area contributed by atoms with E-state index in [9.17, 15) is 13.2 Å². The summed E-state index contributed by atoms with van der Waals surface area (Å²) in [6, 6.07) is 23.2. The van der Waals surface area contributed by atoms with Crippen LogP contribution in [0.2, 0.25) is 0 Å². The Morgan fingerprint density at radius 2 is 1.62 bits per heavy atom. The number of amides is 1. The van der Waals surface area contributed by atoms with Gasteiger partial charge in [0.25, 0.3) is 15.9 Å². The van der Waals surface area contributed by atoms with Crippen LogP contribution in [0.4, 0.5) is 5.69 Å². The Morgan fingerprint density at radius 1 is 0.919 bits per heavy atom. The summed E-state index contributed by atoms with van der Waals surface area (Å²) >= 11 is 0. The van der Waals surface area contributed by atoms with Gasteiger partial charge in [0.15, 0.2) is 0 Å². The van der Waals surface area contributed by atoms with Gasteiger partial charge in [-0.15, -0.1) is 0 Å². The zero-order valence-electron chi connectivity index (χ0n) is 20.5. The lowest BCUT2D eigenvalue weighted by atomic mass is 10.1. The Bertz CT molecular complexity index is 1490. The number of piperazine rings is 1. The second-order valence-corrected chi connectivity index (χ2v) is 10.6. The number of carbonyl (C=O) groups excluding carboxylic acids is 1. The first kappa shape index (κ1) is 24.7. The molecule has 1 aliphatic heterocycles. The molecule has 0 bridgehead atoms. The molecule has 9 heteroatoms. The highest BCUT2D eigenvalue weighted by Crippen LogP contribution is 2.24. The molecule has 37 heavy (non-hydrogen) atoms. The van der Waals surface area contributed by atoms with E-state index in [1.165, 1.54) is 11.6 Å². The van der Waals surface area contributed by atoms with Gasteiger partial charge in [-0.3, -0.25) is 19.4 Å². The van der Waals surface area contributed by atoms with Crippen molar-refractivity contribution in [2.45, 2.75) is 11.4 Å². The van der Waals surface area contributed by atoms with Gasteiger partial charge < -0.3 is 9.64 Å². The average molecular weight is 517 g/mol. The van der Waals surface area contributed by atoms with E-state index < -0.39 is 10.0 Å². The number of benzene rings is 3. The van der Waals surface area contributed by atoms with E-state index in [2.05, 4.69) is 26.7 Å². The molecule has 3 aromatic carbocycles. The number of carbonyl (C=O) groups is 1. The molecular formula is C28H28N4O4S. The standard InChI is InChI=1S/C28H28N4O4S/c1-36-25-13-7-21(8-14-25)20-31-16-18-32(19-17-31)28(33)23-9-11-24(12-10-23)30-37(34,35)26-6-2-4-22-5-3-15-29-27(22)26/h2-15,30H,16-20H2,1H3. The largest absolute Gasteiger partial charge is 0.497 e. The molecule has 5 rings (SSSR count). The van der Waals surface area contributed by atoms with Crippen molar-refractivity contribution in [3.8, 4) is 5.75 Å². The van der Waals surface area contributed by atoms with Crippen LogP contribution >= 0.6 is 0 Å². The fourth-order valence-corrected chi connectivity index (χ4v) is 5.70. The van der Waals surface area contributed by atoms with Crippen molar-refractivity contribution in [1.29, 1.82) is 0 Å². The number of fused-ring (bicyclic) bond motifs is 1. The summed E-state index contributed by atoms with van der Waals surface area (Å²) < 4.78 is 33.9. The number of para-hydroxylation sites is 1. The van der Waals surface area contributed by atoms with Gasteiger partial charge in [0.05, 0.1) is 12.6 Å². The third-order valence-corrected chi connectivity index (χ3v) is 7.91. The third-order valence-electron chi connectivity index (χ3n) is 6.49. The molecule has 1 saturated heterocycles. The lowest BCUT2D eigenvalue weighted by molar-refractivity contribution is 0.0628. The highest BCUT2D eigenvalue weighted by Gasteiger charge is 2.23. The Kier molecular flexibility index (Phi) is 7.07. The van der Waals surface area contributed by atoms with E-state index in [4.69, 9.17) is 4.74 Å². The normalized spacial score (nSPS) is 14.5. The molecule has 0 unspecified atom stereocenters. The first-order valence-electron chi connectivity index (χ1n) is 12.0. The maximum absolute atomic E-state index is 13.0. The highest BCUT2D eigenvalue weighted by molar-refractivity contribution is 7.93. The topological polar surface area (TPSA) is 91.8 Å². The van der Waals surface area contributed by atoms with Crippen molar-refractivity contribution in [3.05, 3.63) is 96.2 Å². The minimum absolute atomic E-state index is 0.0586. The van der Waals surface area contributed by atoms with Gasteiger partial charge in [-0.2, -0.15) is 0 Å². The number of sulfonamides is 1. The fraction of sp³-hybridized carbons (Fsp3) is 0.214. The van der Waals surface area contributed by atoms with Crippen LogP contribution in [0.5, 0.6) is 5.75 Å². The molecule has 0 radical (unpaired) electrons. The number of hydrogen-bond acceptors (Lipinski definition) is 6. The predicted molar refractivity (Wildman–Crippen MR) is 143 cm³/mol. The minimum atomic E-state index is -3.85. The molecule has 190 valence electrons. The minimum Gasteiger partial charge on any atom is -0.497 e. The Morgan fingerprint density at radius 3 is 2.32 bits per heavy atom. The predicted octanol–water partition coefficient (Wildman–Crippen LogP) is 4.00. The van der Waals surface area contributed by atoms with Crippen LogP contribution in [0.3, 0.4) is 0 Å². The Hall–Kier alpha value is -3.95. The molecule has 0 spiro atoms. The summed E-state index contributed by atoms with van der Waals surface area (Å²) in [6.07, 6.45) is 1.57. The van der Waals surface area contributed by atoms with E-state index in [1.54, 1.807) is 49.7 Å². The molecule has 1 amide bonds. The summed E-state index contributed by atoms with van der Waals surface area (Å²) in [5, 5.41) is 0.746. The Labute approximate surface area is 216 Å². The number of aromatic nitrogens is 1. The van der Waals surface area contributed by atoms with Crippen LogP contribution < -0.4 is 9.46 Å². The van der Waals surface area contributed by atoms with Crippen LogP contribution in [0.25, 0.3) is 10.9 Å². The number of nitrogens with one attached hydrogen (secondary N) is 1. The summed E-state index contributed by atoms with van der Waals surface area (Å²) in [7, 11) is -2.20. The van der Waals surface area contributed by atoms with Crippen LogP contribution in [0.1, 0.15) is 15.9 Å². The van der Waals surface area contributed by atoms with Crippen molar-refractivity contribution in [2.75, 3.05) is 38.0 Å².